The van der Waals surface area contributed by atoms with Crippen LogP contribution in [0.1, 0.15) is 101 Å². The number of unbranched alkanes of at least 4 members (excludes halogenated alkanes) is 8. The summed E-state index contributed by atoms with van der Waals surface area (Å²) in [5, 5.41) is 0. The molecule has 0 radical (unpaired) electrons. The van der Waals surface area contributed by atoms with Gasteiger partial charge in [0.2, 0.25) is 0 Å². The number of nitrogens with one attached hydrogen (secondary N) is 1. The van der Waals surface area contributed by atoms with E-state index in [1.165, 1.54) is 51.4 Å². The molecule has 1 aromatic rings. The van der Waals surface area contributed by atoms with E-state index in [0.29, 0.717) is 5.69 Å². The number of aromatic amines is 1. The Morgan fingerprint density at radius 2 is 1.61 bits per heavy atom. The summed E-state index contributed by atoms with van der Waals surface area (Å²) in [5.74, 6) is -0.218. The van der Waals surface area contributed by atoms with Gasteiger partial charge in [0.1, 0.15) is 11.8 Å². The van der Waals surface area contributed by atoms with Crippen molar-refractivity contribution in [1.29, 1.82) is 0 Å². The minimum absolute atomic E-state index is 0.0698. The summed E-state index contributed by atoms with van der Waals surface area (Å²) in [6.45, 7) is 4.40. The van der Waals surface area contributed by atoms with Gasteiger partial charge in [0.25, 0.3) is 0 Å². The zero-order valence-corrected chi connectivity index (χ0v) is 15.1. The monoisotopic (exact) mass is 321 g/mol. The summed E-state index contributed by atoms with van der Waals surface area (Å²) >= 11 is 0. The summed E-state index contributed by atoms with van der Waals surface area (Å²) in [5.41, 5.74) is 0.554. The standard InChI is InChI=1S/C20H35NO2/c1-3-5-6-7-8-9-10-11-12-15-18(14-4-2)23-20(22)19-16-13-17-21-19/h13,16-18,21H,3-12,14-15H2,1-2H3. The lowest BCUT2D eigenvalue weighted by Gasteiger charge is -2.16. The average molecular weight is 322 g/mol. The molecule has 1 rings (SSSR count). The van der Waals surface area contributed by atoms with Crippen LogP contribution in [-0.2, 0) is 4.74 Å². The van der Waals surface area contributed by atoms with Crippen LogP contribution >= 0.6 is 0 Å². The van der Waals surface area contributed by atoms with E-state index in [-0.39, 0.29) is 12.1 Å². The van der Waals surface area contributed by atoms with E-state index in [9.17, 15) is 4.79 Å². The lowest BCUT2D eigenvalue weighted by atomic mass is 10.0. The lowest BCUT2D eigenvalue weighted by Crippen LogP contribution is -2.18. The van der Waals surface area contributed by atoms with Crippen LogP contribution in [0.4, 0.5) is 0 Å². The fraction of sp³-hybridized carbons (Fsp3) is 0.750. The number of hydrogen-bond acceptors (Lipinski definition) is 2. The number of carbonyl (C=O) groups is 1. The van der Waals surface area contributed by atoms with E-state index < -0.39 is 0 Å². The van der Waals surface area contributed by atoms with Crippen molar-refractivity contribution in [2.24, 2.45) is 0 Å². The first-order valence-electron chi connectivity index (χ1n) is 9.62. The van der Waals surface area contributed by atoms with Gasteiger partial charge in [-0.2, -0.15) is 0 Å². The Hall–Kier alpha value is -1.25. The van der Waals surface area contributed by atoms with Crippen LogP contribution in [0.15, 0.2) is 18.3 Å². The van der Waals surface area contributed by atoms with Gasteiger partial charge in [-0.05, 0) is 31.4 Å². The molecule has 0 aliphatic rings. The second-order valence-electron chi connectivity index (χ2n) is 6.52. The van der Waals surface area contributed by atoms with Crippen LogP contribution in [0, 0.1) is 0 Å². The molecule has 23 heavy (non-hydrogen) atoms. The van der Waals surface area contributed by atoms with E-state index in [0.717, 1.165) is 25.7 Å². The highest BCUT2D eigenvalue weighted by Crippen LogP contribution is 2.16. The van der Waals surface area contributed by atoms with Gasteiger partial charge in [-0.1, -0.05) is 71.6 Å². The summed E-state index contributed by atoms with van der Waals surface area (Å²) in [6, 6.07) is 3.59. The maximum absolute atomic E-state index is 12.0. The quantitative estimate of drug-likeness (QED) is 0.324. The molecule has 1 heterocycles. The molecule has 3 nitrogen and oxygen atoms in total. The van der Waals surface area contributed by atoms with Gasteiger partial charge in [-0.25, -0.2) is 4.79 Å². The third-order valence-electron chi connectivity index (χ3n) is 4.33. The second-order valence-corrected chi connectivity index (χ2v) is 6.52. The van der Waals surface area contributed by atoms with Crippen molar-refractivity contribution < 1.29 is 9.53 Å². The first kappa shape index (κ1) is 19.8. The summed E-state index contributed by atoms with van der Waals surface area (Å²) < 4.78 is 5.64. The van der Waals surface area contributed by atoms with Gasteiger partial charge >= 0.3 is 5.97 Å². The van der Waals surface area contributed by atoms with Gasteiger partial charge in [-0.3, -0.25) is 0 Å². The van der Waals surface area contributed by atoms with Crippen LogP contribution in [0.5, 0.6) is 0 Å². The Labute approximate surface area is 142 Å². The van der Waals surface area contributed by atoms with Crippen molar-refractivity contribution in [3.63, 3.8) is 0 Å². The number of esters is 1. The third-order valence-corrected chi connectivity index (χ3v) is 4.33. The molecule has 0 amide bonds. The van der Waals surface area contributed by atoms with E-state index >= 15 is 0 Å². The van der Waals surface area contributed by atoms with Gasteiger partial charge in [0.15, 0.2) is 0 Å². The molecule has 132 valence electrons. The van der Waals surface area contributed by atoms with Crippen molar-refractivity contribution in [3.05, 3.63) is 24.0 Å². The van der Waals surface area contributed by atoms with Crippen LogP contribution in [0.2, 0.25) is 0 Å². The number of aromatic nitrogens is 1. The van der Waals surface area contributed by atoms with Gasteiger partial charge in [0, 0.05) is 6.20 Å². The molecule has 0 bridgehead atoms. The Balaban J connectivity index is 2.10. The topological polar surface area (TPSA) is 42.1 Å². The van der Waals surface area contributed by atoms with Gasteiger partial charge < -0.3 is 9.72 Å². The minimum atomic E-state index is -0.218. The zero-order valence-electron chi connectivity index (χ0n) is 15.1. The number of hydrogen-bond donors (Lipinski definition) is 1. The van der Waals surface area contributed by atoms with E-state index in [1.54, 1.807) is 12.3 Å². The highest BCUT2D eigenvalue weighted by Gasteiger charge is 2.15. The Morgan fingerprint density at radius 3 is 2.17 bits per heavy atom. The highest BCUT2D eigenvalue weighted by atomic mass is 16.5. The largest absolute Gasteiger partial charge is 0.458 e. The molecule has 3 heteroatoms. The molecule has 0 saturated heterocycles. The van der Waals surface area contributed by atoms with E-state index in [1.807, 2.05) is 6.07 Å². The van der Waals surface area contributed by atoms with Crippen LogP contribution in [0.25, 0.3) is 0 Å². The fourth-order valence-corrected chi connectivity index (χ4v) is 2.94. The molecule has 0 aliphatic heterocycles. The maximum atomic E-state index is 12.0. The van der Waals surface area contributed by atoms with Crippen LogP contribution in [0.3, 0.4) is 0 Å². The summed E-state index contributed by atoms with van der Waals surface area (Å²) in [6.07, 6.45) is 16.8. The molecule has 1 N–H and O–H groups in total. The predicted octanol–water partition coefficient (Wildman–Crippen LogP) is 6.26. The molecular formula is C20H35NO2. The lowest BCUT2D eigenvalue weighted by molar-refractivity contribution is 0.0247. The molecule has 0 spiro atoms. The molecule has 1 aromatic heterocycles. The minimum Gasteiger partial charge on any atom is -0.458 e. The van der Waals surface area contributed by atoms with Gasteiger partial charge in [-0.15, -0.1) is 0 Å². The van der Waals surface area contributed by atoms with Crippen molar-refractivity contribution in [3.8, 4) is 0 Å². The SMILES string of the molecule is CCCCCCCCCCCC(CCC)OC(=O)c1ccc[nH]1. The van der Waals surface area contributed by atoms with E-state index in [2.05, 4.69) is 18.8 Å². The maximum Gasteiger partial charge on any atom is 0.355 e. The van der Waals surface area contributed by atoms with Crippen molar-refractivity contribution in [1.82, 2.24) is 4.98 Å². The summed E-state index contributed by atoms with van der Waals surface area (Å²) in [7, 11) is 0. The zero-order chi connectivity index (χ0) is 16.8. The van der Waals surface area contributed by atoms with Crippen LogP contribution < -0.4 is 0 Å². The summed E-state index contributed by atoms with van der Waals surface area (Å²) in [4.78, 5) is 14.9. The molecule has 0 saturated carbocycles. The second kappa shape index (κ2) is 13.2. The third kappa shape index (κ3) is 9.47. The number of ether oxygens (including phenoxy) is 1. The smallest absolute Gasteiger partial charge is 0.355 e. The Bertz CT molecular complexity index is 386. The first-order valence-corrected chi connectivity index (χ1v) is 9.62. The average Bonchev–Trinajstić information content (AvgIpc) is 3.08. The molecule has 0 aromatic carbocycles. The van der Waals surface area contributed by atoms with E-state index in [4.69, 9.17) is 4.74 Å². The first-order chi connectivity index (χ1) is 11.3. The normalized spacial score (nSPS) is 12.3. The number of H-pyrrole nitrogens is 1. The van der Waals surface area contributed by atoms with Crippen molar-refractivity contribution in [2.75, 3.05) is 0 Å². The van der Waals surface area contributed by atoms with Crippen LogP contribution in [-0.4, -0.2) is 17.1 Å². The molecular weight excluding hydrogens is 286 g/mol. The van der Waals surface area contributed by atoms with Crippen molar-refractivity contribution in [2.45, 2.75) is 97.0 Å². The Kier molecular flexibility index (Phi) is 11.4. The fourth-order valence-electron chi connectivity index (χ4n) is 2.94. The Morgan fingerprint density at radius 1 is 0.957 bits per heavy atom. The van der Waals surface area contributed by atoms with Crippen molar-refractivity contribution >= 4 is 5.97 Å². The molecule has 0 aliphatic carbocycles. The predicted molar refractivity (Wildman–Crippen MR) is 96.7 cm³/mol. The molecule has 0 fully saturated rings. The van der Waals surface area contributed by atoms with Gasteiger partial charge in [0.05, 0.1) is 0 Å². The number of rotatable bonds is 14. The molecule has 1 unspecified atom stereocenters. The number of carbonyl (C=O) groups excluding carboxylic acids is 1. The highest BCUT2D eigenvalue weighted by molar-refractivity contribution is 5.87. The molecule has 1 atom stereocenters.